The summed E-state index contributed by atoms with van der Waals surface area (Å²) in [7, 11) is 2.90. The third-order valence-corrected chi connectivity index (χ3v) is 2.21. The molecule has 1 rings (SSSR count). The van der Waals surface area contributed by atoms with E-state index in [-0.39, 0.29) is 0 Å². The minimum Gasteiger partial charge on any atom is -0.391 e. The first-order valence-corrected chi connectivity index (χ1v) is 4.19. The third-order valence-electron chi connectivity index (χ3n) is 2.21. The Labute approximate surface area is 77.2 Å². The van der Waals surface area contributed by atoms with Gasteiger partial charge in [-0.15, -0.1) is 0 Å². The SMILES string of the molecule is COC1O[C@H](C(C)O)C(OC)C1O. The van der Waals surface area contributed by atoms with Gasteiger partial charge in [0.05, 0.1) is 6.10 Å². The largest absolute Gasteiger partial charge is 0.391 e. The van der Waals surface area contributed by atoms with Gasteiger partial charge >= 0.3 is 0 Å². The first-order chi connectivity index (χ1) is 6.11. The highest BCUT2D eigenvalue weighted by Gasteiger charge is 2.46. The molecule has 1 saturated heterocycles. The Bertz CT molecular complexity index is 161. The normalized spacial score (nSPS) is 42.2. The van der Waals surface area contributed by atoms with Gasteiger partial charge in [-0.05, 0) is 6.92 Å². The van der Waals surface area contributed by atoms with Crippen LogP contribution in [-0.4, -0.2) is 55.1 Å². The summed E-state index contributed by atoms with van der Waals surface area (Å²) in [5.74, 6) is 0. The zero-order valence-corrected chi connectivity index (χ0v) is 8.01. The van der Waals surface area contributed by atoms with E-state index in [1.165, 1.54) is 14.2 Å². The molecule has 13 heavy (non-hydrogen) atoms. The Morgan fingerprint density at radius 2 is 1.92 bits per heavy atom. The van der Waals surface area contributed by atoms with Crippen molar-refractivity contribution in [1.29, 1.82) is 0 Å². The fraction of sp³-hybridized carbons (Fsp3) is 1.00. The lowest BCUT2D eigenvalue weighted by Crippen LogP contribution is -2.39. The molecule has 1 fully saturated rings. The summed E-state index contributed by atoms with van der Waals surface area (Å²) in [5.41, 5.74) is 0. The van der Waals surface area contributed by atoms with E-state index in [4.69, 9.17) is 14.2 Å². The molecule has 0 aromatic carbocycles. The molecule has 78 valence electrons. The van der Waals surface area contributed by atoms with E-state index < -0.39 is 30.7 Å². The van der Waals surface area contributed by atoms with Crippen LogP contribution in [0.15, 0.2) is 0 Å². The summed E-state index contributed by atoms with van der Waals surface area (Å²) < 4.78 is 15.1. The topological polar surface area (TPSA) is 68.2 Å². The average Bonchev–Trinajstić information content (AvgIpc) is 2.42. The van der Waals surface area contributed by atoms with Crippen LogP contribution in [0.4, 0.5) is 0 Å². The van der Waals surface area contributed by atoms with Crippen LogP contribution < -0.4 is 0 Å². The third kappa shape index (κ3) is 2.00. The summed E-state index contributed by atoms with van der Waals surface area (Å²) in [6.45, 7) is 1.58. The van der Waals surface area contributed by atoms with Gasteiger partial charge in [-0.1, -0.05) is 0 Å². The van der Waals surface area contributed by atoms with E-state index in [0.29, 0.717) is 0 Å². The van der Waals surface area contributed by atoms with Gasteiger partial charge in [0.2, 0.25) is 0 Å². The molecular formula is C8H16O5. The van der Waals surface area contributed by atoms with Crippen LogP contribution in [0.3, 0.4) is 0 Å². The Kier molecular flexibility index (Phi) is 3.63. The van der Waals surface area contributed by atoms with Crippen molar-refractivity contribution in [3.8, 4) is 0 Å². The van der Waals surface area contributed by atoms with Gasteiger partial charge < -0.3 is 24.4 Å². The predicted molar refractivity (Wildman–Crippen MR) is 44.2 cm³/mol. The van der Waals surface area contributed by atoms with Crippen LogP contribution in [-0.2, 0) is 14.2 Å². The molecule has 1 aliphatic heterocycles. The number of rotatable bonds is 3. The summed E-state index contributed by atoms with van der Waals surface area (Å²) in [6.07, 6.45) is -3.34. The van der Waals surface area contributed by atoms with E-state index in [1.54, 1.807) is 6.92 Å². The molecule has 1 aliphatic rings. The minimum atomic E-state index is -0.852. The van der Waals surface area contributed by atoms with E-state index in [0.717, 1.165) is 0 Å². The van der Waals surface area contributed by atoms with E-state index in [1.807, 2.05) is 0 Å². The molecule has 0 aromatic rings. The molecule has 0 aliphatic carbocycles. The summed E-state index contributed by atoms with van der Waals surface area (Å²) in [6, 6.07) is 0. The fourth-order valence-corrected chi connectivity index (χ4v) is 1.52. The Morgan fingerprint density at radius 3 is 2.23 bits per heavy atom. The van der Waals surface area contributed by atoms with Gasteiger partial charge in [0.1, 0.15) is 18.3 Å². The van der Waals surface area contributed by atoms with E-state index in [2.05, 4.69) is 0 Å². The molecule has 0 amide bonds. The quantitative estimate of drug-likeness (QED) is 0.607. The number of ether oxygens (including phenoxy) is 3. The smallest absolute Gasteiger partial charge is 0.186 e. The van der Waals surface area contributed by atoms with Gasteiger partial charge in [-0.2, -0.15) is 0 Å². The number of methoxy groups -OCH3 is 2. The summed E-state index contributed by atoms with van der Waals surface area (Å²) >= 11 is 0. The van der Waals surface area contributed by atoms with Crippen molar-refractivity contribution in [3.63, 3.8) is 0 Å². The fourth-order valence-electron chi connectivity index (χ4n) is 1.52. The highest BCUT2D eigenvalue weighted by molar-refractivity contribution is 4.90. The first kappa shape index (κ1) is 10.9. The van der Waals surface area contributed by atoms with Crippen LogP contribution in [0.2, 0.25) is 0 Å². The molecule has 0 radical (unpaired) electrons. The number of aliphatic hydroxyl groups is 2. The molecule has 0 bridgehead atoms. The van der Waals surface area contributed by atoms with Crippen molar-refractivity contribution in [2.24, 2.45) is 0 Å². The monoisotopic (exact) mass is 192 g/mol. The van der Waals surface area contributed by atoms with Crippen molar-refractivity contribution < 1.29 is 24.4 Å². The molecule has 0 spiro atoms. The van der Waals surface area contributed by atoms with Gasteiger partial charge in [-0.25, -0.2) is 0 Å². The van der Waals surface area contributed by atoms with Gasteiger partial charge in [0.15, 0.2) is 6.29 Å². The predicted octanol–water partition coefficient (Wildman–Crippen LogP) is -0.886. The molecule has 5 atom stereocenters. The number of aliphatic hydroxyl groups excluding tert-OH is 2. The lowest BCUT2D eigenvalue weighted by Gasteiger charge is -2.20. The van der Waals surface area contributed by atoms with Gasteiger partial charge in [0.25, 0.3) is 0 Å². The van der Waals surface area contributed by atoms with Crippen LogP contribution in [0.25, 0.3) is 0 Å². The number of hydrogen-bond donors (Lipinski definition) is 2. The molecule has 0 aromatic heterocycles. The maximum atomic E-state index is 9.58. The molecule has 1 heterocycles. The Morgan fingerprint density at radius 1 is 1.31 bits per heavy atom. The molecule has 5 heteroatoms. The van der Waals surface area contributed by atoms with E-state index in [9.17, 15) is 10.2 Å². The highest BCUT2D eigenvalue weighted by atomic mass is 16.7. The molecule has 5 nitrogen and oxygen atoms in total. The van der Waals surface area contributed by atoms with Crippen LogP contribution in [0, 0.1) is 0 Å². The standard InChI is InChI=1S/C8H16O5/c1-4(9)6-7(11-2)5(10)8(12-3)13-6/h4-10H,1-3H3/t4?,5?,6-,7?,8?/m1/s1. The summed E-state index contributed by atoms with van der Waals surface area (Å²) in [5, 5.41) is 18.9. The molecule has 2 N–H and O–H groups in total. The highest BCUT2D eigenvalue weighted by Crippen LogP contribution is 2.25. The van der Waals surface area contributed by atoms with Crippen molar-refractivity contribution in [1.82, 2.24) is 0 Å². The number of hydrogen-bond acceptors (Lipinski definition) is 5. The second kappa shape index (κ2) is 4.34. The maximum absolute atomic E-state index is 9.58. The Balaban J connectivity index is 2.66. The van der Waals surface area contributed by atoms with Gasteiger partial charge in [-0.3, -0.25) is 0 Å². The minimum absolute atomic E-state index is 0.537. The molecule has 0 saturated carbocycles. The lowest BCUT2D eigenvalue weighted by molar-refractivity contribution is -0.161. The second-order valence-corrected chi connectivity index (χ2v) is 3.14. The maximum Gasteiger partial charge on any atom is 0.186 e. The average molecular weight is 192 g/mol. The van der Waals surface area contributed by atoms with Crippen molar-refractivity contribution >= 4 is 0 Å². The Hall–Kier alpha value is -0.200. The van der Waals surface area contributed by atoms with E-state index >= 15 is 0 Å². The lowest BCUT2D eigenvalue weighted by atomic mass is 10.1. The van der Waals surface area contributed by atoms with Crippen molar-refractivity contribution in [3.05, 3.63) is 0 Å². The van der Waals surface area contributed by atoms with Gasteiger partial charge in [0, 0.05) is 14.2 Å². The first-order valence-electron chi connectivity index (χ1n) is 4.19. The summed E-state index contributed by atoms with van der Waals surface area (Å²) in [4.78, 5) is 0. The second-order valence-electron chi connectivity index (χ2n) is 3.14. The van der Waals surface area contributed by atoms with Crippen molar-refractivity contribution in [2.75, 3.05) is 14.2 Å². The zero-order valence-electron chi connectivity index (χ0n) is 8.01. The van der Waals surface area contributed by atoms with Crippen molar-refractivity contribution in [2.45, 2.75) is 37.6 Å². The molecule has 4 unspecified atom stereocenters. The van der Waals surface area contributed by atoms with Crippen LogP contribution in [0.1, 0.15) is 6.92 Å². The zero-order chi connectivity index (χ0) is 10.0. The van der Waals surface area contributed by atoms with Crippen LogP contribution in [0.5, 0.6) is 0 Å². The van der Waals surface area contributed by atoms with Crippen LogP contribution >= 0.6 is 0 Å². The molecular weight excluding hydrogens is 176 g/mol.